The average molecular weight is 1430 g/mol. The Labute approximate surface area is 523 Å². The number of hydrogen-bond acceptors (Lipinski definition) is 33. The molecule has 0 amide bonds. The Bertz CT molecular complexity index is 4280. The predicted molar refractivity (Wildman–Crippen MR) is 306 cm³/mol. The summed E-state index contributed by atoms with van der Waals surface area (Å²) in [6, 6.07) is 1.30. The van der Waals surface area contributed by atoms with Crippen LogP contribution in [0.3, 0.4) is 0 Å². The van der Waals surface area contributed by atoms with Crippen molar-refractivity contribution in [2.75, 3.05) is 56.8 Å². The molecule has 6 aromatic heterocycles. The number of fused-ring (bicyclic) bond motifs is 2. The van der Waals surface area contributed by atoms with Crippen molar-refractivity contribution in [3.05, 3.63) is 84.7 Å². The topological polar surface area (TPSA) is 631 Å². The Balaban J connectivity index is 0.791. The zero-order chi connectivity index (χ0) is 67.4. The lowest BCUT2D eigenvalue weighted by atomic mass is 10.2. The lowest BCUT2D eigenvalue weighted by molar-refractivity contribution is -0.0635. The molecule has 45 nitrogen and oxygen atoms in total. The van der Waals surface area contributed by atoms with Crippen molar-refractivity contribution >= 4 is 79.0 Å². The van der Waals surface area contributed by atoms with Crippen molar-refractivity contribution in [1.29, 1.82) is 0 Å². The first-order valence-corrected chi connectivity index (χ1v) is 35.3. The van der Waals surface area contributed by atoms with Gasteiger partial charge in [-0.05, 0) is 13.0 Å². The summed E-state index contributed by atoms with van der Waals surface area (Å²) in [6.07, 6.45) is -15.9. The zero-order valence-corrected chi connectivity index (χ0v) is 52.8. The number of aryl methyl sites for hydroxylation is 1. The molecule has 11 heterocycles. The van der Waals surface area contributed by atoms with Crippen LogP contribution in [0.2, 0.25) is 0 Å². The molecule has 15 N–H and O–H groups in total. The highest BCUT2D eigenvalue weighted by molar-refractivity contribution is 7.48. The van der Waals surface area contributed by atoms with E-state index in [1.54, 1.807) is 0 Å². The van der Waals surface area contributed by atoms with E-state index in [1.165, 1.54) is 34.6 Å². The third kappa shape index (κ3) is 16.4. The molecular weight excluding hydrogens is 1370 g/mol. The number of phosphoric ester groups is 5. The third-order valence-electron chi connectivity index (χ3n) is 15.1. The van der Waals surface area contributed by atoms with E-state index < -0.39 is 200 Å². The maximum absolute atomic E-state index is 14.2. The maximum Gasteiger partial charge on any atom is 0.472 e. The second-order valence-corrected chi connectivity index (χ2v) is 28.4. The van der Waals surface area contributed by atoms with Crippen LogP contribution in [0.1, 0.15) is 62.6 Å². The first-order chi connectivity index (χ1) is 44.2. The molecule has 0 spiro atoms. The normalized spacial score (nSPS) is 30.0. The van der Waals surface area contributed by atoms with E-state index in [1.807, 2.05) is 0 Å². The van der Waals surface area contributed by atoms with Crippen LogP contribution in [-0.4, -0.2) is 193 Å². The number of phosphoric acid groups is 5. The van der Waals surface area contributed by atoms with Crippen LogP contribution in [0.15, 0.2) is 56.6 Å². The van der Waals surface area contributed by atoms with Crippen LogP contribution in [0, 0.1) is 6.92 Å². The van der Waals surface area contributed by atoms with E-state index in [-0.39, 0.29) is 64.9 Å². The van der Waals surface area contributed by atoms with Crippen LogP contribution in [0.4, 0.5) is 17.6 Å². The fourth-order valence-corrected chi connectivity index (χ4v) is 14.9. The molecule has 5 aliphatic rings. The molecule has 94 heavy (non-hydrogen) atoms. The van der Waals surface area contributed by atoms with Gasteiger partial charge in [0.2, 0.25) is 5.95 Å². The van der Waals surface area contributed by atoms with Crippen LogP contribution in [0.5, 0.6) is 0 Å². The molecule has 50 heteroatoms. The number of H-pyrrole nitrogens is 2. The Morgan fingerprint density at radius 2 is 1.05 bits per heavy atom. The van der Waals surface area contributed by atoms with Gasteiger partial charge in [-0.25, -0.2) is 52.4 Å². The van der Waals surface area contributed by atoms with Gasteiger partial charge in [0.05, 0.1) is 51.8 Å². The minimum absolute atomic E-state index is 0.0275. The lowest BCUT2D eigenvalue weighted by Gasteiger charge is -2.26. The zero-order valence-electron chi connectivity index (χ0n) is 48.3. The highest BCUT2D eigenvalue weighted by Crippen LogP contribution is 2.55. The van der Waals surface area contributed by atoms with E-state index in [0.29, 0.717) is 0 Å². The number of aliphatic hydroxyl groups excluding tert-OH is 1. The van der Waals surface area contributed by atoms with E-state index in [0.717, 1.165) is 28.0 Å². The molecule has 0 radical (unpaired) electrons. The summed E-state index contributed by atoms with van der Waals surface area (Å²) >= 11 is 0. The number of aromatic amines is 2. The van der Waals surface area contributed by atoms with Gasteiger partial charge in [-0.15, -0.1) is 0 Å². The molecule has 0 aliphatic carbocycles. The minimum atomic E-state index is -5.49. The summed E-state index contributed by atoms with van der Waals surface area (Å²) in [5.41, 5.74) is 13.9. The molecular formula is C44H60N15O30P5. The first-order valence-electron chi connectivity index (χ1n) is 27.8. The molecule has 18 atom stereocenters. The second-order valence-electron chi connectivity index (χ2n) is 21.5. The van der Waals surface area contributed by atoms with Gasteiger partial charge in [0.25, 0.3) is 11.1 Å². The van der Waals surface area contributed by atoms with Crippen molar-refractivity contribution in [1.82, 2.24) is 58.1 Å². The smallest absolute Gasteiger partial charge is 0.390 e. The van der Waals surface area contributed by atoms with E-state index in [4.69, 9.17) is 86.9 Å². The summed E-state index contributed by atoms with van der Waals surface area (Å²) in [5.74, 6) is -0.477. The molecule has 5 aliphatic heterocycles. The highest BCUT2D eigenvalue weighted by atomic mass is 31.2. The number of ether oxygens (including phenoxy) is 5. The molecule has 516 valence electrons. The maximum atomic E-state index is 14.2. The lowest BCUT2D eigenvalue weighted by Crippen LogP contribution is -2.33. The molecule has 6 aromatic rings. The van der Waals surface area contributed by atoms with Gasteiger partial charge in [-0.3, -0.25) is 78.5 Å². The summed E-state index contributed by atoms with van der Waals surface area (Å²) in [6.45, 7) is -3.27. The van der Waals surface area contributed by atoms with Crippen molar-refractivity contribution in [2.45, 2.75) is 125 Å². The average Bonchev–Trinajstić information content (AvgIpc) is 1.64. The van der Waals surface area contributed by atoms with Gasteiger partial charge in [-0.1, -0.05) is 0 Å². The van der Waals surface area contributed by atoms with Crippen molar-refractivity contribution in [3.8, 4) is 0 Å². The van der Waals surface area contributed by atoms with Crippen molar-refractivity contribution in [2.24, 2.45) is 0 Å². The molecule has 4 unspecified atom stereocenters. The number of nitrogens with two attached hydrogens (primary N) is 3. The van der Waals surface area contributed by atoms with Gasteiger partial charge >= 0.3 is 50.5 Å². The van der Waals surface area contributed by atoms with Gasteiger partial charge in [0.15, 0.2) is 22.6 Å². The summed E-state index contributed by atoms with van der Waals surface area (Å²) in [5, 5.41) is 10.7. The van der Waals surface area contributed by atoms with E-state index >= 15 is 0 Å². The quantitative estimate of drug-likeness (QED) is 0.0254. The SMILES string of the molecule is Cc1cn([C@H]2C[C@H](OP(=O)(O)OC[C@H]3O[C@@H](n4ccc(N)nc4=O)C[C@@H]3O)[C@@H](COP(=O)(O)O[C@H]3C[C@H](n4cnc5c(N)ncnc54)O[C@@H]3COP(=O)(O)O[C@H]3C[C@H](n4cnc5c(=O)[nH]c(N)nc54)O[C@@H]3COP(=O)(O)O[C@H]3CCO[C@@H]3COP(=O)(O)O)O2)c(=O)[nH]c1=O. The fraction of sp³-hybridized carbons (Fsp3) is 0.591. The second kappa shape index (κ2) is 27.6. The Morgan fingerprint density at radius 1 is 0.564 bits per heavy atom. The van der Waals surface area contributed by atoms with Gasteiger partial charge in [0.1, 0.15) is 97.5 Å². The highest BCUT2D eigenvalue weighted by Gasteiger charge is 2.50. The van der Waals surface area contributed by atoms with Crippen LogP contribution in [0.25, 0.3) is 22.3 Å². The van der Waals surface area contributed by atoms with Crippen LogP contribution in [-0.2, 0) is 87.2 Å². The Morgan fingerprint density at radius 3 is 1.61 bits per heavy atom. The molecule has 5 fully saturated rings. The fourth-order valence-electron chi connectivity index (χ4n) is 10.7. The number of rotatable bonds is 27. The van der Waals surface area contributed by atoms with Crippen LogP contribution < -0.4 is 39.7 Å². The van der Waals surface area contributed by atoms with E-state index in [2.05, 4.69) is 44.4 Å². The van der Waals surface area contributed by atoms with Crippen molar-refractivity contribution in [3.63, 3.8) is 0 Å². The van der Waals surface area contributed by atoms with Gasteiger partial charge in [0, 0.05) is 56.7 Å². The number of aliphatic hydroxyl groups is 1. The number of nitrogen functional groups attached to an aromatic ring is 3. The number of aromatic nitrogens is 12. The summed E-state index contributed by atoms with van der Waals surface area (Å²) in [7, 11) is -26.4. The standard InChI is InChI=1S/C44H60N15O30P5/c1-19-10-57(44(64)55-40(19)61)32-7-22(87-92(70,71)78-11-25-20(60)6-31(82-25)56-4-2-30(45)52-43(56)63)27(83-32)13-80-93(72,73)88-23-8-33(58-17-50-35-37(46)48-16-49-38(35)58)84-28(23)15-81-94(74,75)89-24-9-34(59-18-51-36-39(59)53-42(47)54-41(36)62)85-29(24)14-79-91(68,69)86-21-3-5-76-26(21)12-77-90(65,66)67/h2,4,10,16-18,20-29,31-34,60H,3,5-9,11-15H2,1H3,(H,68,69)(H,70,71)(H,72,73)(H,74,75)(H2,45,52,63)(H2,46,48,49)(H,55,61,64)(H2,65,66,67)(H3,47,53,54,62)/t20-,21-,22-,23-,24-,25+,26+,27+,28+,29+,31+,32+,33+,34+/m0/s1. The summed E-state index contributed by atoms with van der Waals surface area (Å²) in [4.78, 5) is 142. The molecule has 5 saturated heterocycles. The summed E-state index contributed by atoms with van der Waals surface area (Å²) < 4.78 is 148. The minimum Gasteiger partial charge on any atom is -0.390 e. The Hall–Kier alpha value is -5.83. The first kappa shape index (κ1) is 69.5. The van der Waals surface area contributed by atoms with E-state index in [9.17, 15) is 66.7 Å². The van der Waals surface area contributed by atoms with Gasteiger partial charge < -0.3 is 75.4 Å². The third-order valence-corrected chi connectivity index (χ3v) is 19.6. The largest absolute Gasteiger partial charge is 0.472 e. The van der Waals surface area contributed by atoms with Crippen molar-refractivity contribution < 1.29 is 122 Å². The number of hydrogen-bond donors (Lipinski definition) is 12. The van der Waals surface area contributed by atoms with Gasteiger partial charge in [-0.2, -0.15) is 9.97 Å². The predicted octanol–water partition coefficient (Wildman–Crippen LogP) is -1.76. The Kier molecular flexibility index (Phi) is 20.4. The number of imidazole rings is 2. The number of nitrogens with zero attached hydrogens (tertiary/aromatic N) is 10. The molecule has 0 bridgehead atoms. The monoisotopic (exact) mass is 1430 g/mol. The molecule has 0 saturated carbocycles. The number of anilines is 3. The van der Waals surface area contributed by atoms with Crippen LogP contribution >= 0.6 is 39.1 Å². The molecule has 11 rings (SSSR count). The number of nitrogens with one attached hydrogen (secondary N) is 2. The molecule has 0 aromatic carbocycles.